The molecule has 35 heavy (non-hydrogen) atoms. The molecule has 2 aromatic carbocycles. The predicted octanol–water partition coefficient (Wildman–Crippen LogP) is 8.92. The van der Waals surface area contributed by atoms with E-state index in [1.165, 1.54) is 94.2 Å². The summed E-state index contributed by atoms with van der Waals surface area (Å²) in [5.74, 6) is 0. The highest BCUT2D eigenvalue weighted by Gasteiger charge is 2.25. The quantitative estimate of drug-likeness (QED) is 0.133. The number of benzene rings is 2. The molecule has 0 heterocycles. The highest BCUT2D eigenvalue weighted by Crippen LogP contribution is 2.16. The first kappa shape index (κ1) is 31.0. The number of hydrogen-bond donors (Lipinski definition) is 0. The third kappa shape index (κ3) is 13.0. The molecule has 0 spiro atoms. The van der Waals surface area contributed by atoms with Gasteiger partial charge in [0.1, 0.15) is 0 Å². The molecule has 0 amide bonds. The van der Waals surface area contributed by atoms with Crippen LogP contribution in [0.2, 0.25) is 0 Å². The molecule has 5 heteroatoms. The Morgan fingerprint density at radius 2 is 0.943 bits per heavy atom. The van der Waals surface area contributed by atoms with Gasteiger partial charge in [0.05, 0.1) is 26.2 Å². The van der Waals surface area contributed by atoms with Crippen LogP contribution in [0.3, 0.4) is 0 Å². The van der Waals surface area contributed by atoms with Crippen LogP contribution in [0, 0.1) is 0 Å². The van der Waals surface area contributed by atoms with Gasteiger partial charge in [0.25, 0.3) is 0 Å². The van der Waals surface area contributed by atoms with Crippen LogP contribution in [0.5, 0.6) is 0 Å². The van der Waals surface area contributed by atoms with Crippen molar-refractivity contribution in [2.45, 2.75) is 79.1 Å². The van der Waals surface area contributed by atoms with E-state index in [2.05, 4.69) is 27.7 Å². The second-order valence-electron chi connectivity index (χ2n) is 9.64. The van der Waals surface area contributed by atoms with Gasteiger partial charge in [-0.2, -0.15) is 0 Å². The van der Waals surface area contributed by atoms with Gasteiger partial charge < -0.3 is 17.4 Å². The van der Waals surface area contributed by atoms with Crippen molar-refractivity contribution < 1.29 is 17.4 Å². The van der Waals surface area contributed by atoms with Crippen molar-refractivity contribution in [3.8, 4) is 0 Å². The number of quaternary nitrogens is 1. The van der Waals surface area contributed by atoms with E-state index in [-0.39, 0.29) is 0 Å². The summed E-state index contributed by atoms with van der Waals surface area (Å²) in [5, 5.41) is 0. The van der Waals surface area contributed by atoms with E-state index in [4.69, 9.17) is 0 Å². The van der Waals surface area contributed by atoms with Crippen molar-refractivity contribution in [2.75, 3.05) is 26.2 Å². The zero-order valence-electron chi connectivity index (χ0n) is 22.5. The van der Waals surface area contributed by atoms with Gasteiger partial charge in [-0.15, -0.1) is 5.46 Å². The Hall–Kier alpha value is -2.01. The first-order chi connectivity index (χ1) is 16.8. The van der Waals surface area contributed by atoms with Crippen LogP contribution in [0.1, 0.15) is 90.2 Å². The molecular weight excluding hydrogens is 442 g/mol. The molecule has 0 saturated carbocycles. The van der Waals surface area contributed by atoms with Crippen LogP contribution in [0.4, 0.5) is 12.9 Å². The number of unbranched alkanes of at least 4 members (excludes halogenated alkanes) is 4. The largest absolute Gasteiger partial charge is 0.509 e. The molecule has 2 aromatic rings. The molecular formula is C30H47BF3N. The van der Waals surface area contributed by atoms with Crippen molar-refractivity contribution in [1.29, 1.82) is 0 Å². The zero-order valence-corrected chi connectivity index (χ0v) is 22.5. The summed E-state index contributed by atoms with van der Waals surface area (Å²) in [4.78, 5) is 0. The van der Waals surface area contributed by atoms with Crippen LogP contribution in [0.15, 0.2) is 54.6 Å². The van der Waals surface area contributed by atoms with Gasteiger partial charge in [-0.1, -0.05) is 120 Å². The Kier molecular flexibility index (Phi) is 15.4. The Balaban J connectivity index is 0.000000351. The van der Waals surface area contributed by atoms with E-state index in [0.29, 0.717) is 0 Å². The summed E-state index contributed by atoms with van der Waals surface area (Å²) in [6.07, 6.45) is 14.7. The molecule has 0 aliphatic heterocycles. The summed E-state index contributed by atoms with van der Waals surface area (Å²) < 4.78 is 38.7. The van der Waals surface area contributed by atoms with Crippen molar-refractivity contribution in [2.24, 2.45) is 0 Å². The highest BCUT2D eigenvalue weighted by molar-refractivity contribution is 6.73. The second-order valence-corrected chi connectivity index (χ2v) is 9.64. The molecule has 0 saturated heterocycles. The third-order valence-electron chi connectivity index (χ3n) is 6.53. The maximum absolute atomic E-state index is 12.4. The highest BCUT2D eigenvalue weighted by atomic mass is 19.4. The maximum atomic E-state index is 12.4. The van der Waals surface area contributed by atoms with Crippen LogP contribution in [0.25, 0.3) is 12.2 Å². The molecule has 0 bridgehead atoms. The van der Waals surface area contributed by atoms with Crippen LogP contribution in [-0.2, 0) is 0 Å². The minimum atomic E-state index is -4.90. The van der Waals surface area contributed by atoms with E-state index in [1.54, 1.807) is 6.08 Å². The molecule has 0 aromatic heterocycles. The molecule has 0 aliphatic carbocycles. The van der Waals surface area contributed by atoms with Gasteiger partial charge >= 0.3 is 6.98 Å². The van der Waals surface area contributed by atoms with E-state index in [0.717, 1.165) is 23.3 Å². The van der Waals surface area contributed by atoms with Crippen LogP contribution in [-0.4, -0.2) is 37.6 Å². The molecule has 2 rings (SSSR count). The summed E-state index contributed by atoms with van der Waals surface area (Å²) in [6, 6.07) is 14.8. The van der Waals surface area contributed by atoms with Crippen molar-refractivity contribution in [1.82, 2.24) is 0 Å². The van der Waals surface area contributed by atoms with Gasteiger partial charge in [-0.25, -0.2) is 0 Å². The van der Waals surface area contributed by atoms with Crippen molar-refractivity contribution in [3.63, 3.8) is 0 Å². The summed E-state index contributed by atoms with van der Waals surface area (Å²) >= 11 is 0. The van der Waals surface area contributed by atoms with E-state index < -0.39 is 12.4 Å². The standard InChI is InChI=1S/C16H36N.C14H11BF3/c1-5-9-13-17(14-10-6-2,15-11-7-3)16-12-8-4;16-15(17,18)14-10-8-13(9-11-14)7-6-12-4-2-1-3-5-12/h5-16H2,1-4H3;1-11H/q+1;-1/b;7-6+. The van der Waals surface area contributed by atoms with Crippen LogP contribution < -0.4 is 5.46 Å². The van der Waals surface area contributed by atoms with Crippen molar-refractivity contribution in [3.05, 3.63) is 65.7 Å². The van der Waals surface area contributed by atoms with E-state index in [1.807, 2.05) is 36.4 Å². The smallest absolute Gasteiger partial charge is 0.445 e. The molecule has 0 fully saturated rings. The topological polar surface area (TPSA) is 0 Å². The molecule has 0 aliphatic rings. The third-order valence-corrected chi connectivity index (χ3v) is 6.53. The average Bonchev–Trinajstić information content (AvgIpc) is 2.87. The molecule has 0 radical (unpaired) electrons. The molecule has 0 atom stereocenters. The molecule has 0 N–H and O–H groups in total. The minimum absolute atomic E-state index is 0.563. The van der Waals surface area contributed by atoms with Gasteiger partial charge in [0, 0.05) is 0 Å². The lowest BCUT2D eigenvalue weighted by atomic mass is 9.80. The van der Waals surface area contributed by atoms with E-state index >= 15 is 0 Å². The van der Waals surface area contributed by atoms with E-state index in [9.17, 15) is 12.9 Å². The Bertz CT molecular complexity index is 763. The SMILES string of the molecule is CCCC[N+](CCCC)(CCCC)CCCC.F[B-](F)(F)c1ccc(/C=C/c2ccccc2)cc1. The summed E-state index contributed by atoms with van der Waals surface area (Å²) in [5.41, 5.74) is 1.20. The van der Waals surface area contributed by atoms with Gasteiger partial charge in [0.15, 0.2) is 0 Å². The Morgan fingerprint density at radius 3 is 1.29 bits per heavy atom. The summed E-state index contributed by atoms with van der Waals surface area (Å²) in [6.45, 7) is 10.1. The first-order valence-corrected chi connectivity index (χ1v) is 13.7. The monoisotopic (exact) mass is 489 g/mol. The molecule has 196 valence electrons. The predicted molar refractivity (Wildman–Crippen MR) is 150 cm³/mol. The number of nitrogens with zero attached hydrogens (tertiary/aromatic N) is 1. The minimum Gasteiger partial charge on any atom is -0.445 e. The lowest BCUT2D eigenvalue weighted by molar-refractivity contribution is -0.929. The number of halogens is 3. The summed E-state index contributed by atoms with van der Waals surface area (Å²) in [7, 11) is 0. The second kappa shape index (κ2) is 17.4. The fourth-order valence-corrected chi connectivity index (χ4v) is 4.23. The lowest BCUT2D eigenvalue weighted by Crippen LogP contribution is -2.50. The number of hydrogen-bond acceptors (Lipinski definition) is 0. The van der Waals surface area contributed by atoms with Gasteiger partial charge in [-0.05, 0) is 36.8 Å². The fraction of sp³-hybridized carbons (Fsp3) is 0.533. The first-order valence-electron chi connectivity index (χ1n) is 13.7. The van der Waals surface area contributed by atoms with Crippen molar-refractivity contribution >= 4 is 24.6 Å². The lowest BCUT2D eigenvalue weighted by Gasteiger charge is -2.39. The average molecular weight is 490 g/mol. The molecule has 0 unspecified atom stereocenters. The van der Waals surface area contributed by atoms with Gasteiger partial charge in [-0.3, -0.25) is 0 Å². The van der Waals surface area contributed by atoms with Crippen LogP contribution >= 0.6 is 0 Å². The normalized spacial score (nSPS) is 12.0. The molecule has 1 nitrogen and oxygen atoms in total. The number of rotatable bonds is 15. The van der Waals surface area contributed by atoms with Gasteiger partial charge in [0.2, 0.25) is 0 Å². The Morgan fingerprint density at radius 1 is 0.571 bits per heavy atom. The zero-order chi connectivity index (χ0) is 26.0. The maximum Gasteiger partial charge on any atom is 0.509 e. The Labute approximate surface area is 213 Å². The fourth-order valence-electron chi connectivity index (χ4n) is 4.23.